The molecule has 26 heavy (non-hydrogen) atoms. The third-order valence-corrected chi connectivity index (χ3v) is 7.23. The summed E-state index contributed by atoms with van der Waals surface area (Å²) in [6.07, 6.45) is 3.89. The second-order valence-electron chi connectivity index (χ2n) is 7.42. The summed E-state index contributed by atoms with van der Waals surface area (Å²) in [6.45, 7) is 6.79. The molecule has 1 aromatic rings. The van der Waals surface area contributed by atoms with Crippen LogP contribution in [0, 0.1) is 17.8 Å². The van der Waals surface area contributed by atoms with Crippen molar-refractivity contribution < 1.29 is 8.42 Å². The van der Waals surface area contributed by atoms with Crippen molar-refractivity contribution in [2.75, 3.05) is 19.9 Å². The van der Waals surface area contributed by atoms with Crippen molar-refractivity contribution in [3.8, 4) is 0 Å². The molecule has 1 aromatic carbocycles. The lowest BCUT2D eigenvalue weighted by Gasteiger charge is -2.38. The quantitative estimate of drug-likeness (QED) is 0.817. The van der Waals surface area contributed by atoms with Gasteiger partial charge in [-0.2, -0.15) is 0 Å². The second-order valence-corrected chi connectivity index (χ2v) is 9.54. The molecule has 1 aliphatic carbocycles. The number of benzene rings is 1. The van der Waals surface area contributed by atoms with Crippen LogP contribution in [0.25, 0.3) is 0 Å². The van der Waals surface area contributed by atoms with Crippen molar-refractivity contribution in [3.63, 3.8) is 0 Å². The summed E-state index contributed by atoms with van der Waals surface area (Å²) in [6, 6.07) is 6.07. The minimum Gasteiger partial charge on any atom is -0.343 e. The van der Waals surface area contributed by atoms with E-state index >= 15 is 0 Å². The Labute approximate surface area is 161 Å². The number of guanidine groups is 1. The van der Waals surface area contributed by atoms with Gasteiger partial charge < -0.3 is 5.32 Å². The maximum absolute atomic E-state index is 12.4. The molecule has 8 heteroatoms. The molecule has 0 radical (unpaired) electrons. The van der Waals surface area contributed by atoms with Gasteiger partial charge in [-0.1, -0.05) is 38.3 Å². The zero-order chi connectivity index (χ0) is 18.7. The number of nitrogens with one attached hydrogen (secondary N) is 2. The lowest BCUT2D eigenvalue weighted by molar-refractivity contribution is 0.121. The highest BCUT2D eigenvalue weighted by Crippen LogP contribution is 2.34. The molecular weight excluding hydrogens is 372 g/mol. The minimum absolute atomic E-state index is 0.166. The lowest BCUT2D eigenvalue weighted by atomic mass is 9.74. The molecule has 0 spiro atoms. The predicted octanol–water partition coefficient (Wildman–Crippen LogP) is 2.87. The van der Waals surface area contributed by atoms with Gasteiger partial charge in [0.15, 0.2) is 0 Å². The standard InChI is InChI=1S/C18H27ClN4O2S/c1-13-4-3-5-15(14(13)2)10-23-11-20-18(21-12-23)22-26(24,25)17-8-6-16(19)7-9-17/h6-9,13-15H,3-5,10-12H2,1-2H3,(H2,20,21,22)/t13-,14-,15+/m1/s1. The number of sulfonamides is 1. The minimum atomic E-state index is -3.66. The Kier molecular flexibility index (Phi) is 6.10. The first-order chi connectivity index (χ1) is 12.3. The topological polar surface area (TPSA) is 73.8 Å². The molecule has 3 atom stereocenters. The van der Waals surface area contributed by atoms with Gasteiger partial charge in [0.05, 0.1) is 18.2 Å². The van der Waals surface area contributed by atoms with Crippen molar-refractivity contribution in [1.82, 2.24) is 14.9 Å². The largest absolute Gasteiger partial charge is 0.343 e. The van der Waals surface area contributed by atoms with Gasteiger partial charge in [0.25, 0.3) is 10.0 Å². The average molecular weight is 399 g/mol. The molecular formula is C18H27ClN4O2S. The van der Waals surface area contributed by atoms with Crippen LogP contribution >= 0.6 is 11.6 Å². The van der Waals surface area contributed by atoms with Crippen LogP contribution in [0.1, 0.15) is 33.1 Å². The number of aliphatic imine (C=N–C) groups is 1. The van der Waals surface area contributed by atoms with E-state index < -0.39 is 10.0 Å². The monoisotopic (exact) mass is 398 g/mol. The zero-order valence-corrected chi connectivity index (χ0v) is 16.9. The Morgan fingerprint density at radius 3 is 2.65 bits per heavy atom. The molecule has 0 unspecified atom stereocenters. The highest BCUT2D eigenvalue weighted by molar-refractivity contribution is 7.90. The second kappa shape index (κ2) is 8.15. The van der Waals surface area contributed by atoms with E-state index in [-0.39, 0.29) is 4.90 Å². The summed E-state index contributed by atoms with van der Waals surface area (Å²) in [5.41, 5.74) is 0. The number of hydrogen-bond acceptors (Lipinski definition) is 5. The Bertz CT molecular complexity index is 751. The van der Waals surface area contributed by atoms with Gasteiger partial charge in [0.1, 0.15) is 0 Å². The van der Waals surface area contributed by atoms with E-state index in [1.54, 1.807) is 12.1 Å². The van der Waals surface area contributed by atoms with Crippen molar-refractivity contribution in [2.45, 2.75) is 38.0 Å². The summed E-state index contributed by atoms with van der Waals surface area (Å²) in [4.78, 5) is 6.76. The van der Waals surface area contributed by atoms with Crippen molar-refractivity contribution in [1.29, 1.82) is 0 Å². The number of halogens is 1. The van der Waals surface area contributed by atoms with E-state index in [1.807, 2.05) is 0 Å². The molecule has 0 aromatic heterocycles. The Morgan fingerprint density at radius 2 is 2.00 bits per heavy atom. The van der Waals surface area contributed by atoms with Crippen LogP contribution in [0.2, 0.25) is 5.02 Å². The summed E-state index contributed by atoms with van der Waals surface area (Å²) in [7, 11) is -3.66. The average Bonchev–Trinajstić information content (AvgIpc) is 2.61. The van der Waals surface area contributed by atoms with Gasteiger partial charge in [0.2, 0.25) is 5.96 Å². The van der Waals surface area contributed by atoms with E-state index in [4.69, 9.17) is 11.6 Å². The first-order valence-corrected chi connectivity index (χ1v) is 11.0. The first-order valence-electron chi connectivity index (χ1n) is 9.14. The highest BCUT2D eigenvalue weighted by Gasteiger charge is 2.29. The van der Waals surface area contributed by atoms with Gasteiger partial charge in [-0.15, -0.1) is 0 Å². The molecule has 6 nitrogen and oxygen atoms in total. The molecule has 3 rings (SSSR count). The van der Waals surface area contributed by atoms with E-state index in [1.165, 1.54) is 31.4 Å². The molecule has 2 N–H and O–H groups in total. The van der Waals surface area contributed by atoms with E-state index in [0.29, 0.717) is 30.2 Å². The fourth-order valence-corrected chi connectivity index (χ4v) is 4.86. The van der Waals surface area contributed by atoms with Crippen LogP contribution in [0.5, 0.6) is 0 Å². The summed E-state index contributed by atoms with van der Waals surface area (Å²) >= 11 is 5.81. The normalized spacial score (nSPS) is 27.5. The molecule has 1 aliphatic heterocycles. The lowest BCUT2D eigenvalue weighted by Crippen LogP contribution is -2.51. The third-order valence-electron chi connectivity index (χ3n) is 5.62. The maximum Gasteiger partial charge on any atom is 0.264 e. The third kappa shape index (κ3) is 4.69. The molecule has 0 saturated heterocycles. The van der Waals surface area contributed by atoms with E-state index in [0.717, 1.165) is 18.4 Å². The first kappa shape index (κ1) is 19.5. The Balaban J connectivity index is 1.56. The van der Waals surface area contributed by atoms with E-state index in [2.05, 4.69) is 33.8 Å². The molecule has 144 valence electrons. The Hall–Kier alpha value is -1.31. The zero-order valence-electron chi connectivity index (χ0n) is 15.3. The van der Waals surface area contributed by atoms with Crippen molar-refractivity contribution in [3.05, 3.63) is 29.3 Å². The van der Waals surface area contributed by atoms with Gasteiger partial charge in [-0.05, 0) is 48.4 Å². The number of rotatable bonds is 4. The van der Waals surface area contributed by atoms with Crippen LogP contribution in [0.3, 0.4) is 0 Å². The van der Waals surface area contributed by atoms with Crippen molar-refractivity contribution in [2.24, 2.45) is 22.7 Å². The highest BCUT2D eigenvalue weighted by atomic mass is 35.5. The van der Waals surface area contributed by atoms with Gasteiger partial charge in [-0.3, -0.25) is 4.90 Å². The van der Waals surface area contributed by atoms with Crippen LogP contribution in [-0.2, 0) is 10.0 Å². The van der Waals surface area contributed by atoms with Crippen LogP contribution in [-0.4, -0.2) is 39.2 Å². The smallest absolute Gasteiger partial charge is 0.264 e. The fraction of sp³-hybridized carbons (Fsp3) is 0.611. The molecule has 1 heterocycles. The fourth-order valence-electron chi connectivity index (χ4n) is 3.74. The predicted molar refractivity (Wildman–Crippen MR) is 104 cm³/mol. The summed E-state index contributed by atoms with van der Waals surface area (Å²) in [5.74, 6) is 2.47. The molecule has 0 amide bonds. The van der Waals surface area contributed by atoms with Gasteiger partial charge in [-0.25, -0.2) is 18.1 Å². The van der Waals surface area contributed by atoms with E-state index in [9.17, 15) is 8.42 Å². The van der Waals surface area contributed by atoms with Gasteiger partial charge >= 0.3 is 0 Å². The molecule has 2 aliphatic rings. The molecule has 1 fully saturated rings. The van der Waals surface area contributed by atoms with Crippen molar-refractivity contribution >= 4 is 27.6 Å². The Morgan fingerprint density at radius 1 is 1.27 bits per heavy atom. The van der Waals surface area contributed by atoms with Gasteiger partial charge in [0, 0.05) is 11.6 Å². The van der Waals surface area contributed by atoms with Crippen LogP contribution in [0.4, 0.5) is 0 Å². The SMILES string of the molecule is C[C@H]1[C@H](CN2CN=C(NS(=O)(=O)c3ccc(Cl)cc3)NC2)CCC[C@H]1C. The van der Waals surface area contributed by atoms with Crippen LogP contribution in [0.15, 0.2) is 34.2 Å². The maximum atomic E-state index is 12.4. The molecule has 0 bridgehead atoms. The van der Waals surface area contributed by atoms with Crippen LogP contribution < -0.4 is 10.0 Å². The summed E-state index contributed by atoms with van der Waals surface area (Å²) in [5, 5.41) is 3.58. The number of hydrogen-bond donors (Lipinski definition) is 2. The number of nitrogens with zero attached hydrogens (tertiary/aromatic N) is 2. The summed E-state index contributed by atoms with van der Waals surface area (Å²) < 4.78 is 27.3. The molecule has 1 saturated carbocycles.